The van der Waals surface area contributed by atoms with Crippen LogP contribution in [0.1, 0.15) is 50.3 Å². The summed E-state index contributed by atoms with van der Waals surface area (Å²) in [6, 6.07) is 12.8. The second-order valence-electron chi connectivity index (χ2n) is 9.64. The largest absolute Gasteiger partial charge is 0.494 e. The van der Waals surface area contributed by atoms with E-state index in [2.05, 4.69) is 50.8 Å². The molecule has 4 rings (SSSR count). The fraction of sp³-hybridized carbons (Fsp3) is 0.290. The van der Waals surface area contributed by atoms with E-state index in [1.807, 2.05) is 39.0 Å². The SMILES string of the molecule is CCOc1cc(C)c(-c2nc3ccccc3c(=O)n2N=Cc2cc(OCC)c(OCC(=O)O)c(Br)c2Br)cc1C(C)C. The van der Waals surface area contributed by atoms with Crippen LogP contribution in [0.3, 0.4) is 0 Å². The zero-order valence-electron chi connectivity index (χ0n) is 23.9. The number of para-hydroxylation sites is 1. The molecule has 0 spiro atoms. The van der Waals surface area contributed by atoms with Crippen molar-refractivity contribution >= 4 is 54.9 Å². The number of ether oxygens (including phenoxy) is 3. The maximum absolute atomic E-state index is 13.8. The summed E-state index contributed by atoms with van der Waals surface area (Å²) in [5.74, 6) is 0.797. The molecule has 0 aliphatic heterocycles. The average molecular weight is 701 g/mol. The Morgan fingerprint density at radius 2 is 1.74 bits per heavy atom. The normalized spacial score (nSPS) is 11.4. The number of carboxylic acid groups (broad SMARTS) is 1. The first-order valence-electron chi connectivity index (χ1n) is 13.4. The van der Waals surface area contributed by atoms with Gasteiger partial charge in [-0.2, -0.15) is 9.78 Å². The van der Waals surface area contributed by atoms with Crippen LogP contribution in [-0.4, -0.2) is 46.8 Å². The van der Waals surface area contributed by atoms with Crippen molar-refractivity contribution in [3.05, 3.63) is 78.5 Å². The van der Waals surface area contributed by atoms with Crippen LogP contribution < -0.4 is 19.8 Å². The lowest BCUT2D eigenvalue weighted by atomic mass is 9.96. The number of carbonyl (C=O) groups is 1. The van der Waals surface area contributed by atoms with Gasteiger partial charge in [0.25, 0.3) is 5.56 Å². The van der Waals surface area contributed by atoms with E-state index in [9.17, 15) is 9.59 Å². The number of nitrogens with zero attached hydrogens (tertiary/aromatic N) is 3. The van der Waals surface area contributed by atoms with Gasteiger partial charge in [-0.1, -0.05) is 26.0 Å². The number of fused-ring (bicyclic) bond motifs is 1. The van der Waals surface area contributed by atoms with E-state index in [1.54, 1.807) is 24.3 Å². The van der Waals surface area contributed by atoms with Crippen LogP contribution in [0.15, 0.2) is 61.3 Å². The summed E-state index contributed by atoms with van der Waals surface area (Å²) in [5.41, 5.74) is 3.44. The Morgan fingerprint density at radius 3 is 2.40 bits per heavy atom. The van der Waals surface area contributed by atoms with Gasteiger partial charge in [0, 0.05) is 15.6 Å². The molecule has 3 aromatic carbocycles. The summed E-state index contributed by atoms with van der Waals surface area (Å²) in [7, 11) is 0. The van der Waals surface area contributed by atoms with Gasteiger partial charge < -0.3 is 19.3 Å². The summed E-state index contributed by atoms with van der Waals surface area (Å²) in [6.45, 7) is 10.2. The monoisotopic (exact) mass is 699 g/mol. The predicted octanol–water partition coefficient (Wildman–Crippen LogP) is 7.16. The van der Waals surface area contributed by atoms with Crippen LogP contribution in [-0.2, 0) is 4.79 Å². The summed E-state index contributed by atoms with van der Waals surface area (Å²) in [6.07, 6.45) is 1.52. The fourth-order valence-corrected chi connectivity index (χ4v) is 5.36. The molecule has 42 heavy (non-hydrogen) atoms. The number of benzene rings is 3. The number of carboxylic acids is 1. The zero-order chi connectivity index (χ0) is 30.6. The zero-order valence-corrected chi connectivity index (χ0v) is 27.1. The lowest BCUT2D eigenvalue weighted by Gasteiger charge is -2.18. The molecule has 0 amide bonds. The molecule has 0 aliphatic carbocycles. The van der Waals surface area contributed by atoms with Crippen molar-refractivity contribution in [2.75, 3.05) is 19.8 Å². The molecule has 220 valence electrons. The fourth-order valence-electron chi connectivity index (χ4n) is 4.43. The molecule has 4 aromatic rings. The quantitative estimate of drug-likeness (QED) is 0.165. The minimum Gasteiger partial charge on any atom is -0.494 e. The Labute approximate surface area is 260 Å². The molecule has 9 nitrogen and oxygen atoms in total. The molecular weight excluding hydrogens is 670 g/mol. The molecule has 0 unspecified atom stereocenters. The molecule has 1 aromatic heterocycles. The Kier molecular flexibility index (Phi) is 10.1. The number of aryl methyl sites for hydroxylation is 1. The van der Waals surface area contributed by atoms with Gasteiger partial charge in [0.05, 0.1) is 34.8 Å². The highest BCUT2D eigenvalue weighted by molar-refractivity contribution is 9.13. The van der Waals surface area contributed by atoms with E-state index >= 15 is 0 Å². The van der Waals surface area contributed by atoms with Gasteiger partial charge in [-0.25, -0.2) is 9.78 Å². The first kappa shape index (κ1) is 31.2. The van der Waals surface area contributed by atoms with E-state index < -0.39 is 12.6 Å². The Balaban J connectivity index is 1.94. The smallest absolute Gasteiger partial charge is 0.341 e. The molecule has 0 radical (unpaired) electrons. The third-order valence-electron chi connectivity index (χ3n) is 6.38. The number of rotatable bonds is 11. The highest BCUT2D eigenvalue weighted by atomic mass is 79.9. The van der Waals surface area contributed by atoms with Crippen LogP contribution in [0.5, 0.6) is 17.2 Å². The van der Waals surface area contributed by atoms with Crippen molar-refractivity contribution in [2.45, 2.75) is 40.5 Å². The molecular formula is C31H31Br2N3O6. The Bertz CT molecular complexity index is 1730. The minimum absolute atomic E-state index is 0.169. The second-order valence-corrected chi connectivity index (χ2v) is 11.2. The highest BCUT2D eigenvalue weighted by Gasteiger charge is 2.20. The van der Waals surface area contributed by atoms with E-state index in [0.29, 0.717) is 50.2 Å². The van der Waals surface area contributed by atoms with Crippen LogP contribution in [0.25, 0.3) is 22.3 Å². The van der Waals surface area contributed by atoms with Crippen LogP contribution in [0.2, 0.25) is 0 Å². The molecule has 0 aliphatic rings. The van der Waals surface area contributed by atoms with Crippen molar-refractivity contribution < 1.29 is 24.1 Å². The van der Waals surface area contributed by atoms with Gasteiger partial charge in [-0.05, 0) is 100 Å². The van der Waals surface area contributed by atoms with Gasteiger partial charge in [0.1, 0.15) is 5.75 Å². The van der Waals surface area contributed by atoms with Crippen LogP contribution in [0, 0.1) is 6.92 Å². The lowest BCUT2D eigenvalue weighted by Crippen LogP contribution is -2.21. The molecule has 0 fully saturated rings. The predicted molar refractivity (Wildman–Crippen MR) is 171 cm³/mol. The number of hydrogen-bond donors (Lipinski definition) is 1. The van der Waals surface area contributed by atoms with Crippen LogP contribution in [0.4, 0.5) is 0 Å². The first-order chi connectivity index (χ1) is 20.1. The van der Waals surface area contributed by atoms with Gasteiger partial charge >= 0.3 is 5.97 Å². The van der Waals surface area contributed by atoms with Crippen molar-refractivity contribution in [3.63, 3.8) is 0 Å². The molecule has 0 saturated heterocycles. The van der Waals surface area contributed by atoms with Crippen molar-refractivity contribution in [1.82, 2.24) is 9.66 Å². The first-order valence-corrected chi connectivity index (χ1v) is 15.0. The topological polar surface area (TPSA) is 112 Å². The maximum atomic E-state index is 13.8. The Hall–Kier alpha value is -3.70. The van der Waals surface area contributed by atoms with Crippen molar-refractivity contribution in [3.8, 4) is 28.6 Å². The van der Waals surface area contributed by atoms with Gasteiger partial charge in [0.15, 0.2) is 23.9 Å². The van der Waals surface area contributed by atoms with Crippen molar-refractivity contribution in [2.24, 2.45) is 5.10 Å². The van der Waals surface area contributed by atoms with Crippen LogP contribution >= 0.6 is 31.9 Å². The summed E-state index contributed by atoms with van der Waals surface area (Å²) < 4.78 is 19.4. The second kappa shape index (κ2) is 13.5. The molecule has 1 heterocycles. The summed E-state index contributed by atoms with van der Waals surface area (Å²) in [5, 5.41) is 14.1. The molecule has 0 bridgehead atoms. The number of halogens is 2. The van der Waals surface area contributed by atoms with Crippen molar-refractivity contribution in [1.29, 1.82) is 0 Å². The van der Waals surface area contributed by atoms with Gasteiger partial charge in [-0.15, -0.1) is 0 Å². The van der Waals surface area contributed by atoms with Gasteiger partial charge in [-0.3, -0.25) is 4.79 Å². The number of aliphatic carboxylic acids is 1. The third kappa shape index (κ3) is 6.52. The highest BCUT2D eigenvalue weighted by Crippen LogP contribution is 2.42. The molecule has 11 heteroatoms. The molecule has 0 atom stereocenters. The summed E-state index contributed by atoms with van der Waals surface area (Å²) in [4.78, 5) is 29.8. The average Bonchev–Trinajstić information content (AvgIpc) is 2.95. The Morgan fingerprint density at radius 1 is 1.05 bits per heavy atom. The van der Waals surface area contributed by atoms with Gasteiger partial charge in [0.2, 0.25) is 0 Å². The standard InChI is InChI=1S/C31H31Br2N3O6/c1-6-40-24-12-18(5)22(14-21(24)17(3)4)30-35-23-11-9-8-10-20(23)31(39)36(30)34-15-19-13-25(41-7-2)29(28(33)27(19)32)42-16-26(37)38/h8-15,17H,6-7,16H2,1-5H3,(H,37,38). The third-order valence-corrected chi connectivity index (χ3v) is 8.52. The number of aromatic nitrogens is 2. The molecule has 0 saturated carbocycles. The lowest BCUT2D eigenvalue weighted by molar-refractivity contribution is -0.139. The van der Waals surface area contributed by atoms with E-state index in [1.165, 1.54) is 10.9 Å². The maximum Gasteiger partial charge on any atom is 0.341 e. The van der Waals surface area contributed by atoms with E-state index in [0.717, 1.165) is 22.4 Å². The number of hydrogen-bond acceptors (Lipinski definition) is 7. The van der Waals surface area contributed by atoms with E-state index in [-0.39, 0.29) is 17.2 Å². The summed E-state index contributed by atoms with van der Waals surface area (Å²) >= 11 is 7.02. The van der Waals surface area contributed by atoms with E-state index in [4.69, 9.17) is 24.3 Å². The minimum atomic E-state index is -1.12. The molecule has 1 N–H and O–H groups in total.